The average molecular weight is 384 g/mol. The molecule has 0 saturated carbocycles. The maximum atomic E-state index is 12.4. The van der Waals surface area contributed by atoms with E-state index in [1.807, 2.05) is 11.6 Å². The standard InChI is InChI=1S/C21H28N4O3/c1-12(2)11-25-14(4)17(13(3)24-25)7-9-20(26)22-16-6-8-19-18(10-16)23-21(27)15(5)28-19/h6,8,10,12,15H,7,9,11H2,1-5H3,(H,22,26)(H,23,27). The highest BCUT2D eigenvalue weighted by Crippen LogP contribution is 2.32. The molecule has 1 unspecified atom stereocenters. The van der Waals surface area contributed by atoms with E-state index in [0.717, 1.165) is 23.5 Å². The van der Waals surface area contributed by atoms with Crippen molar-refractivity contribution in [2.45, 2.75) is 60.1 Å². The summed E-state index contributed by atoms with van der Waals surface area (Å²) >= 11 is 0. The number of hydrogen-bond acceptors (Lipinski definition) is 4. The summed E-state index contributed by atoms with van der Waals surface area (Å²) in [5.74, 6) is 0.853. The van der Waals surface area contributed by atoms with Gasteiger partial charge in [0.25, 0.3) is 5.91 Å². The lowest BCUT2D eigenvalue weighted by Crippen LogP contribution is -2.34. The Morgan fingerprint density at radius 3 is 2.82 bits per heavy atom. The Hall–Kier alpha value is -2.83. The highest BCUT2D eigenvalue weighted by molar-refractivity contribution is 5.99. The fourth-order valence-corrected chi connectivity index (χ4v) is 3.37. The minimum absolute atomic E-state index is 0.0771. The Morgan fingerprint density at radius 2 is 2.11 bits per heavy atom. The molecular formula is C21H28N4O3. The van der Waals surface area contributed by atoms with Crippen LogP contribution in [0.5, 0.6) is 5.75 Å². The number of hydrogen-bond donors (Lipinski definition) is 2. The molecule has 2 aromatic rings. The number of aromatic nitrogens is 2. The molecule has 0 spiro atoms. The molecule has 7 heteroatoms. The number of amides is 2. The molecule has 0 bridgehead atoms. The van der Waals surface area contributed by atoms with Gasteiger partial charge in [0.1, 0.15) is 5.75 Å². The van der Waals surface area contributed by atoms with Crippen molar-refractivity contribution < 1.29 is 14.3 Å². The number of carbonyl (C=O) groups excluding carboxylic acids is 2. The highest BCUT2D eigenvalue weighted by Gasteiger charge is 2.23. The van der Waals surface area contributed by atoms with Gasteiger partial charge in [-0.15, -0.1) is 0 Å². The number of nitrogens with zero attached hydrogens (tertiary/aromatic N) is 2. The maximum absolute atomic E-state index is 12.4. The first-order chi connectivity index (χ1) is 13.2. The third-order valence-electron chi connectivity index (χ3n) is 4.87. The molecule has 3 rings (SSSR count). The average Bonchev–Trinajstić information content (AvgIpc) is 2.87. The van der Waals surface area contributed by atoms with Gasteiger partial charge in [-0.05, 0) is 56.9 Å². The Kier molecular flexibility index (Phi) is 5.72. The molecule has 0 saturated heterocycles. The van der Waals surface area contributed by atoms with Crippen LogP contribution in [0.4, 0.5) is 11.4 Å². The predicted octanol–water partition coefficient (Wildman–Crippen LogP) is 3.45. The number of aryl methyl sites for hydroxylation is 1. The van der Waals surface area contributed by atoms with Gasteiger partial charge in [0.15, 0.2) is 6.10 Å². The monoisotopic (exact) mass is 384 g/mol. The summed E-state index contributed by atoms with van der Waals surface area (Å²) < 4.78 is 7.56. The zero-order chi connectivity index (χ0) is 20.4. The minimum atomic E-state index is -0.518. The van der Waals surface area contributed by atoms with Crippen molar-refractivity contribution in [1.29, 1.82) is 0 Å². The first kappa shape index (κ1) is 19.9. The van der Waals surface area contributed by atoms with Crippen molar-refractivity contribution in [1.82, 2.24) is 9.78 Å². The summed E-state index contributed by atoms with van der Waals surface area (Å²) in [5.41, 5.74) is 4.44. The van der Waals surface area contributed by atoms with Gasteiger partial charge in [-0.1, -0.05) is 13.8 Å². The van der Waals surface area contributed by atoms with Gasteiger partial charge in [0, 0.05) is 24.3 Å². The summed E-state index contributed by atoms with van der Waals surface area (Å²) in [6.45, 7) is 10.9. The molecule has 1 aromatic carbocycles. The Morgan fingerprint density at radius 1 is 1.36 bits per heavy atom. The van der Waals surface area contributed by atoms with E-state index >= 15 is 0 Å². The number of nitrogens with one attached hydrogen (secondary N) is 2. The molecule has 2 heterocycles. The fraction of sp³-hybridized carbons (Fsp3) is 0.476. The van der Waals surface area contributed by atoms with Gasteiger partial charge in [-0.2, -0.15) is 5.10 Å². The van der Waals surface area contributed by atoms with E-state index in [4.69, 9.17) is 4.74 Å². The second kappa shape index (κ2) is 8.04. The van der Waals surface area contributed by atoms with E-state index in [0.29, 0.717) is 35.9 Å². The van der Waals surface area contributed by atoms with Crippen molar-refractivity contribution in [2.24, 2.45) is 5.92 Å². The first-order valence-electron chi connectivity index (χ1n) is 9.69. The number of benzene rings is 1. The molecule has 28 heavy (non-hydrogen) atoms. The SMILES string of the molecule is Cc1nn(CC(C)C)c(C)c1CCC(=O)Nc1ccc2c(c1)NC(=O)C(C)O2. The molecule has 1 aliphatic heterocycles. The Balaban J connectivity index is 1.62. The molecule has 1 aromatic heterocycles. The zero-order valence-corrected chi connectivity index (χ0v) is 17.1. The van der Waals surface area contributed by atoms with Gasteiger partial charge in [-0.3, -0.25) is 14.3 Å². The predicted molar refractivity (Wildman–Crippen MR) is 109 cm³/mol. The number of carbonyl (C=O) groups is 2. The molecule has 1 aliphatic rings. The van der Waals surface area contributed by atoms with E-state index < -0.39 is 6.10 Å². The van der Waals surface area contributed by atoms with E-state index in [-0.39, 0.29) is 11.8 Å². The van der Waals surface area contributed by atoms with Gasteiger partial charge < -0.3 is 15.4 Å². The first-order valence-corrected chi connectivity index (χ1v) is 9.69. The molecule has 7 nitrogen and oxygen atoms in total. The number of fused-ring (bicyclic) bond motifs is 1. The third kappa shape index (κ3) is 4.35. The number of rotatable bonds is 6. The van der Waals surface area contributed by atoms with Crippen molar-refractivity contribution in [3.63, 3.8) is 0 Å². The normalized spacial score (nSPS) is 15.8. The Labute approximate surface area is 165 Å². The quantitative estimate of drug-likeness (QED) is 0.799. The highest BCUT2D eigenvalue weighted by atomic mass is 16.5. The Bertz CT molecular complexity index is 901. The summed E-state index contributed by atoms with van der Waals surface area (Å²) in [5, 5.41) is 10.3. The van der Waals surface area contributed by atoms with Crippen molar-refractivity contribution in [3.8, 4) is 5.75 Å². The second-order valence-corrected chi connectivity index (χ2v) is 7.73. The van der Waals surface area contributed by atoms with Crippen molar-refractivity contribution in [3.05, 3.63) is 35.2 Å². The number of ether oxygens (including phenoxy) is 1. The number of anilines is 2. The molecule has 1 atom stereocenters. The minimum Gasteiger partial charge on any atom is -0.479 e. The topological polar surface area (TPSA) is 85.3 Å². The van der Waals surface area contributed by atoms with Gasteiger partial charge in [-0.25, -0.2) is 0 Å². The van der Waals surface area contributed by atoms with Crippen molar-refractivity contribution >= 4 is 23.2 Å². The van der Waals surface area contributed by atoms with Crippen LogP contribution in [0.15, 0.2) is 18.2 Å². The van der Waals surface area contributed by atoms with Crippen LogP contribution >= 0.6 is 0 Å². The van der Waals surface area contributed by atoms with Crippen LogP contribution in [0.25, 0.3) is 0 Å². The summed E-state index contributed by atoms with van der Waals surface area (Å²) in [6, 6.07) is 5.25. The summed E-state index contributed by atoms with van der Waals surface area (Å²) in [7, 11) is 0. The lowest BCUT2D eigenvalue weighted by molar-refractivity contribution is -0.122. The molecule has 2 N–H and O–H groups in total. The van der Waals surface area contributed by atoms with Gasteiger partial charge in [0.05, 0.1) is 11.4 Å². The van der Waals surface area contributed by atoms with Gasteiger partial charge >= 0.3 is 0 Å². The molecule has 0 radical (unpaired) electrons. The van der Waals surface area contributed by atoms with E-state index in [9.17, 15) is 9.59 Å². The van der Waals surface area contributed by atoms with Crippen LogP contribution in [0.2, 0.25) is 0 Å². The van der Waals surface area contributed by atoms with Crippen LogP contribution in [0.3, 0.4) is 0 Å². The van der Waals surface area contributed by atoms with Crippen LogP contribution in [-0.4, -0.2) is 27.7 Å². The molecule has 0 fully saturated rings. The largest absolute Gasteiger partial charge is 0.479 e. The van der Waals surface area contributed by atoms with Crippen LogP contribution in [0.1, 0.15) is 44.1 Å². The van der Waals surface area contributed by atoms with Crippen LogP contribution in [0, 0.1) is 19.8 Å². The zero-order valence-electron chi connectivity index (χ0n) is 17.1. The summed E-state index contributed by atoms with van der Waals surface area (Å²) in [4.78, 5) is 24.2. The smallest absolute Gasteiger partial charge is 0.265 e. The second-order valence-electron chi connectivity index (χ2n) is 7.73. The van der Waals surface area contributed by atoms with Crippen molar-refractivity contribution in [2.75, 3.05) is 10.6 Å². The van der Waals surface area contributed by atoms with Gasteiger partial charge in [0.2, 0.25) is 5.91 Å². The lowest BCUT2D eigenvalue weighted by atomic mass is 10.1. The van der Waals surface area contributed by atoms with E-state index in [1.165, 1.54) is 0 Å². The lowest BCUT2D eigenvalue weighted by Gasteiger charge is -2.23. The maximum Gasteiger partial charge on any atom is 0.265 e. The van der Waals surface area contributed by atoms with E-state index in [2.05, 4.69) is 36.5 Å². The molecular weight excluding hydrogens is 356 g/mol. The van der Waals surface area contributed by atoms with E-state index in [1.54, 1.807) is 25.1 Å². The fourth-order valence-electron chi connectivity index (χ4n) is 3.37. The van der Waals surface area contributed by atoms with Crippen LogP contribution in [-0.2, 0) is 22.6 Å². The molecule has 2 amide bonds. The summed E-state index contributed by atoms with van der Waals surface area (Å²) in [6.07, 6.45) is 0.492. The van der Waals surface area contributed by atoms with Crippen LogP contribution < -0.4 is 15.4 Å². The molecule has 0 aliphatic carbocycles. The third-order valence-corrected chi connectivity index (χ3v) is 4.87. The molecule has 150 valence electrons.